The van der Waals surface area contributed by atoms with E-state index in [0.29, 0.717) is 15.7 Å². The summed E-state index contributed by atoms with van der Waals surface area (Å²) in [7, 11) is 0. The topological polar surface area (TPSA) is 87.8 Å². The van der Waals surface area contributed by atoms with Crippen molar-refractivity contribution in [3.05, 3.63) is 61.0 Å². The fourth-order valence-electron chi connectivity index (χ4n) is 1.55. The minimum atomic E-state index is -0.480. The predicted molar refractivity (Wildman–Crippen MR) is 87.8 cm³/mol. The number of anilines is 1. The Morgan fingerprint density at radius 2 is 2.05 bits per heavy atom. The molecule has 0 spiro atoms. The predicted octanol–water partition coefficient (Wildman–Crippen LogP) is 4.27. The number of hydrazone groups is 1. The van der Waals surface area contributed by atoms with Crippen LogP contribution in [0.25, 0.3) is 0 Å². The van der Waals surface area contributed by atoms with Crippen LogP contribution in [0.4, 0.5) is 11.4 Å². The summed E-state index contributed by atoms with van der Waals surface area (Å²) in [5.41, 5.74) is 3.63. The first kappa shape index (κ1) is 15.5. The Morgan fingerprint density at radius 1 is 1.29 bits per heavy atom. The van der Waals surface area contributed by atoms with Gasteiger partial charge in [0.25, 0.3) is 5.69 Å². The van der Waals surface area contributed by atoms with Crippen molar-refractivity contribution in [3.63, 3.8) is 0 Å². The summed E-state index contributed by atoms with van der Waals surface area (Å²) >= 11 is 6.53. The molecule has 2 aromatic rings. The van der Waals surface area contributed by atoms with Crippen molar-refractivity contribution < 1.29 is 10.0 Å². The van der Waals surface area contributed by atoms with Crippen molar-refractivity contribution in [2.24, 2.45) is 5.10 Å². The van der Waals surface area contributed by atoms with Crippen LogP contribution in [0.15, 0.2) is 50.4 Å². The molecule has 6 nitrogen and oxygen atoms in total. The number of phenols is 1. The van der Waals surface area contributed by atoms with Gasteiger partial charge in [-0.15, -0.1) is 0 Å². The van der Waals surface area contributed by atoms with Crippen molar-refractivity contribution in [3.8, 4) is 5.75 Å². The lowest BCUT2D eigenvalue weighted by atomic mass is 10.2. The molecule has 0 heterocycles. The number of nitro groups is 1. The highest BCUT2D eigenvalue weighted by Gasteiger charge is 2.06. The minimum absolute atomic E-state index is 0.0248. The molecule has 0 unspecified atom stereocenters. The molecular weight excluding hydrogens is 406 g/mol. The summed E-state index contributed by atoms with van der Waals surface area (Å²) in [6.45, 7) is 0. The number of benzene rings is 2. The van der Waals surface area contributed by atoms with Crippen LogP contribution in [-0.4, -0.2) is 16.2 Å². The Labute approximate surface area is 136 Å². The highest BCUT2D eigenvalue weighted by molar-refractivity contribution is 9.11. The Balaban J connectivity index is 2.16. The zero-order chi connectivity index (χ0) is 15.4. The van der Waals surface area contributed by atoms with Crippen LogP contribution in [0.1, 0.15) is 5.56 Å². The summed E-state index contributed by atoms with van der Waals surface area (Å²) < 4.78 is 1.32. The Morgan fingerprint density at radius 3 is 2.76 bits per heavy atom. The van der Waals surface area contributed by atoms with Crippen LogP contribution in [-0.2, 0) is 0 Å². The summed E-state index contributed by atoms with van der Waals surface area (Å²) in [5.74, 6) is 0.0581. The van der Waals surface area contributed by atoms with E-state index >= 15 is 0 Å². The second-order valence-corrected chi connectivity index (χ2v) is 5.77. The molecule has 8 heteroatoms. The van der Waals surface area contributed by atoms with E-state index in [4.69, 9.17) is 0 Å². The zero-order valence-electron chi connectivity index (χ0n) is 10.5. The molecule has 0 saturated carbocycles. The molecule has 2 rings (SSSR count). The number of rotatable bonds is 4. The monoisotopic (exact) mass is 413 g/mol. The molecule has 0 aromatic heterocycles. The van der Waals surface area contributed by atoms with Gasteiger partial charge in [0.1, 0.15) is 5.75 Å². The molecule has 108 valence electrons. The SMILES string of the molecule is O=[N+]([O-])c1cccc(NN=Cc2cc(Br)cc(Br)c2O)c1. The molecule has 2 N–H and O–H groups in total. The first-order valence-electron chi connectivity index (χ1n) is 5.69. The van der Waals surface area contributed by atoms with Crippen LogP contribution < -0.4 is 5.43 Å². The van der Waals surface area contributed by atoms with Gasteiger partial charge >= 0.3 is 0 Å². The van der Waals surface area contributed by atoms with E-state index in [0.717, 1.165) is 4.47 Å². The Hall–Kier alpha value is -1.93. The molecule has 0 aliphatic heterocycles. The molecular formula is C13H9Br2N3O3. The molecule has 0 atom stereocenters. The smallest absolute Gasteiger partial charge is 0.271 e. The molecule has 21 heavy (non-hydrogen) atoms. The van der Waals surface area contributed by atoms with Gasteiger partial charge in [0.15, 0.2) is 0 Å². The van der Waals surface area contributed by atoms with Crippen molar-refractivity contribution in [1.29, 1.82) is 0 Å². The van der Waals surface area contributed by atoms with Gasteiger partial charge in [-0.3, -0.25) is 15.5 Å². The lowest BCUT2D eigenvalue weighted by Crippen LogP contribution is -1.93. The van der Waals surface area contributed by atoms with Crippen molar-refractivity contribution in [2.45, 2.75) is 0 Å². The first-order valence-corrected chi connectivity index (χ1v) is 7.27. The number of phenolic OH excluding ortho intramolecular Hbond substituents is 1. The van der Waals surface area contributed by atoms with E-state index in [2.05, 4.69) is 42.4 Å². The number of halogens is 2. The summed E-state index contributed by atoms with van der Waals surface area (Å²) in [5, 5.41) is 24.5. The van der Waals surface area contributed by atoms with E-state index < -0.39 is 4.92 Å². The number of nitrogens with one attached hydrogen (secondary N) is 1. The Bertz CT molecular complexity index is 720. The number of nitro benzene ring substituents is 1. The van der Waals surface area contributed by atoms with Crippen LogP contribution in [0.3, 0.4) is 0 Å². The highest BCUT2D eigenvalue weighted by Crippen LogP contribution is 2.30. The largest absolute Gasteiger partial charge is 0.506 e. The highest BCUT2D eigenvalue weighted by atomic mass is 79.9. The first-order chi connectivity index (χ1) is 9.97. The van der Waals surface area contributed by atoms with Gasteiger partial charge in [0.05, 0.1) is 21.3 Å². The number of hydrogen-bond acceptors (Lipinski definition) is 5. The lowest BCUT2D eigenvalue weighted by Gasteiger charge is -2.03. The summed E-state index contributed by atoms with van der Waals surface area (Å²) in [6, 6.07) is 9.38. The second kappa shape index (κ2) is 6.68. The zero-order valence-corrected chi connectivity index (χ0v) is 13.6. The van der Waals surface area contributed by atoms with Crippen LogP contribution in [0, 0.1) is 10.1 Å². The van der Waals surface area contributed by atoms with Crippen molar-refractivity contribution in [2.75, 3.05) is 5.43 Å². The molecule has 0 amide bonds. The van der Waals surface area contributed by atoms with Crippen molar-refractivity contribution >= 4 is 49.4 Å². The van der Waals surface area contributed by atoms with Gasteiger partial charge in [0, 0.05) is 22.2 Å². The molecule has 0 fully saturated rings. The molecule has 0 aliphatic carbocycles. The van der Waals surface area contributed by atoms with E-state index in [1.54, 1.807) is 24.3 Å². The molecule has 0 saturated heterocycles. The maximum Gasteiger partial charge on any atom is 0.271 e. The van der Waals surface area contributed by atoms with Crippen LogP contribution in [0.5, 0.6) is 5.75 Å². The fraction of sp³-hybridized carbons (Fsp3) is 0. The minimum Gasteiger partial charge on any atom is -0.506 e. The van der Waals surface area contributed by atoms with Gasteiger partial charge in [-0.2, -0.15) is 5.10 Å². The molecule has 0 bridgehead atoms. The second-order valence-electron chi connectivity index (χ2n) is 4.00. The number of nitrogens with zero attached hydrogens (tertiary/aromatic N) is 2. The van der Waals surface area contributed by atoms with Crippen molar-refractivity contribution in [1.82, 2.24) is 0 Å². The number of hydrogen-bond donors (Lipinski definition) is 2. The molecule has 0 aliphatic rings. The van der Waals surface area contributed by atoms with Gasteiger partial charge in [-0.05, 0) is 34.1 Å². The van der Waals surface area contributed by atoms with Gasteiger partial charge in [-0.1, -0.05) is 22.0 Å². The van der Waals surface area contributed by atoms with Gasteiger partial charge < -0.3 is 5.11 Å². The third-order valence-corrected chi connectivity index (χ3v) is 3.57. The maximum atomic E-state index is 10.7. The average molecular weight is 415 g/mol. The van der Waals surface area contributed by atoms with E-state index in [1.165, 1.54) is 18.3 Å². The third kappa shape index (κ3) is 4.02. The van der Waals surface area contributed by atoms with E-state index in [-0.39, 0.29) is 11.4 Å². The average Bonchev–Trinajstić information content (AvgIpc) is 2.44. The quantitative estimate of drug-likeness (QED) is 0.444. The Kier molecular flexibility index (Phi) is 4.92. The number of non-ortho nitro benzene ring substituents is 1. The fourth-order valence-corrected chi connectivity index (χ4v) is 2.81. The lowest BCUT2D eigenvalue weighted by molar-refractivity contribution is -0.384. The normalized spacial score (nSPS) is 10.8. The van der Waals surface area contributed by atoms with Gasteiger partial charge in [0.2, 0.25) is 0 Å². The summed E-state index contributed by atoms with van der Waals surface area (Å²) in [6.07, 6.45) is 1.42. The number of aromatic hydroxyl groups is 1. The van der Waals surface area contributed by atoms with E-state index in [1.807, 2.05) is 0 Å². The summed E-state index contributed by atoms with van der Waals surface area (Å²) in [4.78, 5) is 10.2. The van der Waals surface area contributed by atoms with E-state index in [9.17, 15) is 15.2 Å². The maximum absolute atomic E-state index is 10.7. The standard InChI is InChI=1S/C13H9Br2N3O3/c14-9-4-8(13(19)12(15)5-9)7-16-17-10-2-1-3-11(6-10)18(20)21/h1-7,17,19H. The van der Waals surface area contributed by atoms with Crippen LogP contribution >= 0.6 is 31.9 Å². The molecule has 0 radical (unpaired) electrons. The van der Waals surface area contributed by atoms with Gasteiger partial charge in [-0.25, -0.2) is 0 Å². The third-order valence-electron chi connectivity index (χ3n) is 2.51. The molecule has 2 aromatic carbocycles. The van der Waals surface area contributed by atoms with Crippen LogP contribution in [0.2, 0.25) is 0 Å².